The number of nitrogens with one attached hydrogen (secondary N) is 1. The summed E-state index contributed by atoms with van der Waals surface area (Å²) in [4.78, 5) is 39.4. The van der Waals surface area contributed by atoms with Crippen LogP contribution in [-0.2, 0) is 11.3 Å². The minimum atomic E-state index is -0.555. The highest BCUT2D eigenvalue weighted by molar-refractivity contribution is 6.01. The van der Waals surface area contributed by atoms with E-state index in [1.807, 2.05) is 0 Å². The van der Waals surface area contributed by atoms with Crippen molar-refractivity contribution in [2.45, 2.75) is 20.4 Å². The van der Waals surface area contributed by atoms with E-state index in [1.54, 1.807) is 39.1 Å². The van der Waals surface area contributed by atoms with Gasteiger partial charge in [-0.05, 0) is 19.4 Å². The van der Waals surface area contributed by atoms with Gasteiger partial charge in [-0.2, -0.15) is 0 Å². The van der Waals surface area contributed by atoms with Crippen LogP contribution in [0.4, 0.5) is 5.69 Å². The molecule has 2 rings (SSSR count). The molecule has 1 amide bonds. The number of benzene rings is 1. The number of nitro benzene ring substituents is 1. The Labute approximate surface area is 144 Å². The highest BCUT2D eigenvalue weighted by atomic mass is 16.6. The lowest BCUT2D eigenvalue weighted by molar-refractivity contribution is -0.385. The van der Waals surface area contributed by atoms with Crippen LogP contribution in [0.15, 0.2) is 24.3 Å². The standard InChI is InChI=1S/C17H19N3O5/c1-10-14(11(2)18-15(10)17(22)25-4)16(21)19(3)9-12-7-5-6-8-13(12)20(23)24/h5-8,18H,9H2,1-4H3. The van der Waals surface area contributed by atoms with Crippen LogP contribution in [0.1, 0.15) is 37.7 Å². The number of rotatable bonds is 5. The fourth-order valence-corrected chi connectivity index (χ4v) is 2.72. The molecule has 132 valence electrons. The van der Waals surface area contributed by atoms with Crippen molar-refractivity contribution in [1.29, 1.82) is 0 Å². The zero-order valence-corrected chi connectivity index (χ0v) is 14.5. The fourth-order valence-electron chi connectivity index (χ4n) is 2.72. The smallest absolute Gasteiger partial charge is 0.354 e. The van der Waals surface area contributed by atoms with Crippen molar-refractivity contribution in [3.8, 4) is 0 Å². The Bertz CT molecular complexity index is 841. The molecule has 8 heteroatoms. The molecule has 0 unspecified atom stereocenters. The van der Waals surface area contributed by atoms with E-state index in [0.717, 1.165) is 0 Å². The number of esters is 1. The van der Waals surface area contributed by atoms with Gasteiger partial charge in [-0.1, -0.05) is 18.2 Å². The molecule has 0 radical (unpaired) electrons. The summed E-state index contributed by atoms with van der Waals surface area (Å²) >= 11 is 0. The number of ether oxygens (including phenoxy) is 1. The monoisotopic (exact) mass is 345 g/mol. The van der Waals surface area contributed by atoms with Gasteiger partial charge in [0.2, 0.25) is 0 Å². The van der Waals surface area contributed by atoms with Crippen LogP contribution in [-0.4, -0.2) is 40.8 Å². The van der Waals surface area contributed by atoms with Crippen molar-refractivity contribution in [3.05, 3.63) is 62.5 Å². The van der Waals surface area contributed by atoms with Crippen molar-refractivity contribution in [2.24, 2.45) is 0 Å². The number of hydrogen-bond acceptors (Lipinski definition) is 5. The van der Waals surface area contributed by atoms with Crippen molar-refractivity contribution in [2.75, 3.05) is 14.2 Å². The van der Waals surface area contributed by atoms with Gasteiger partial charge >= 0.3 is 5.97 Å². The predicted molar refractivity (Wildman–Crippen MR) is 90.5 cm³/mol. The third-order valence-corrected chi connectivity index (χ3v) is 3.98. The summed E-state index contributed by atoms with van der Waals surface area (Å²) in [5.41, 5.74) is 2.01. The molecule has 0 bridgehead atoms. The van der Waals surface area contributed by atoms with Gasteiger partial charge in [0.15, 0.2) is 0 Å². The van der Waals surface area contributed by atoms with Gasteiger partial charge in [0, 0.05) is 24.4 Å². The molecule has 0 spiro atoms. The molecule has 1 N–H and O–H groups in total. The molecule has 2 aromatic rings. The van der Waals surface area contributed by atoms with Crippen LogP contribution >= 0.6 is 0 Å². The van der Waals surface area contributed by atoms with Crippen LogP contribution in [0.2, 0.25) is 0 Å². The number of para-hydroxylation sites is 1. The normalized spacial score (nSPS) is 10.4. The van der Waals surface area contributed by atoms with Crippen LogP contribution < -0.4 is 0 Å². The summed E-state index contributed by atoms with van der Waals surface area (Å²) in [5, 5.41) is 11.1. The first kappa shape index (κ1) is 18.2. The quantitative estimate of drug-likeness (QED) is 0.509. The van der Waals surface area contributed by atoms with Crippen LogP contribution in [0, 0.1) is 24.0 Å². The molecule has 0 saturated carbocycles. The van der Waals surface area contributed by atoms with Crippen LogP contribution in [0.3, 0.4) is 0 Å². The van der Waals surface area contributed by atoms with Crippen molar-refractivity contribution >= 4 is 17.6 Å². The number of nitrogens with zero attached hydrogens (tertiary/aromatic N) is 2. The van der Waals surface area contributed by atoms with E-state index in [1.165, 1.54) is 18.1 Å². The molecule has 0 aliphatic heterocycles. The Morgan fingerprint density at radius 3 is 2.52 bits per heavy atom. The maximum Gasteiger partial charge on any atom is 0.354 e. The zero-order chi connectivity index (χ0) is 18.7. The molecule has 1 aromatic heterocycles. The molecular weight excluding hydrogens is 326 g/mol. The van der Waals surface area contributed by atoms with E-state index in [4.69, 9.17) is 4.74 Å². The highest BCUT2D eigenvalue weighted by Gasteiger charge is 2.25. The number of aromatic nitrogens is 1. The van der Waals surface area contributed by atoms with Gasteiger partial charge in [0.25, 0.3) is 11.6 Å². The third-order valence-electron chi connectivity index (χ3n) is 3.98. The third kappa shape index (κ3) is 3.52. The maximum atomic E-state index is 12.8. The second kappa shape index (κ2) is 7.16. The van der Waals surface area contributed by atoms with Crippen molar-refractivity contribution in [3.63, 3.8) is 0 Å². The topological polar surface area (TPSA) is 106 Å². The van der Waals surface area contributed by atoms with E-state index in [2.05, 4.69) is 4.98 Å². The van der Waals surface area contributed by atoms with E-state index in [0.29, 0.717) is 22.4 Å². The fraction of sp³-hybridized carbons (Fsp3) is 0.294. The van der Waals surface area contributed by atoms with Gasteiger partial charge in [-0.3, -0.25) is 14.9 Å². The molecule has 0 aliphatic carbocycles. The Morgan fingerprint density at radius 1 is 1.28 bits per heavy atom. The molecular formula is C17H19N3O5. The Kier molecular flexibility index (Phi) is 5.21. The minimum absolute atomic E-state index is 0.0417. The first-order valence-electron chi connectivity index (χ1n) is 7.53. The summed E-state index contributed by atoms with van der Waals surface area (Å²) < 4.78 is 4.69. The van der Waals surface area contributed by atoms with Gasteiger partial charge in [0.05, 0.1) is 24.1 Å². The number of aryl methyl sites for hydroxylation is 1. The highest BCUT2D eigenvalue weighted by Crippen LogP contribution is 2.23. The number of hydrogen-bond donors (Lipinski definition) is 1. The van der Waals surface area contributed by atoms with Gasteiger partial charge in [-0.15, -0.1) is 0 Å². The largest absolute Gasteiger partial charge is 0.464 e. The molecule has 0 saturated heterocycles. The summed E-state index contributed by atoms with van der Waals surface area (Å²) in [5.74, 6) is -0.888. The van der Waals surface area contributed by atoms with Gasteiger partial charge in [0.1, 0.15) is 5.69 Å². The molecule has 1 heterocycles. The Hall–Kier alpha value is -3.16. The number of nitro groups is 1. The summed E-state index contributed by atoms with van der Waals surface area (Å²) in [6, 6.07) is 6.27. The lowest BCUT2D eigenvalue weighted by Crippen LogP contribution is -2.27. The number of aromatic amines is 1. The first-order chi connectivity index (χ1) is 11.8. The lowest BCUT2D eigenvalue weighted by atomic mass is 10.1. The molecule has 8 nitrogen and oxygen atoms in total. The molecule has 25 heavy (non-hydrogen) atoms. The predicted octanol–water partition coefficient (Wildman–Crippen LogP) is 2.60. The molecule has 0 atom stereocenters. The van der Waals surface area contributed by atoms with E-state index < -0.39 is 10.9 Å². The average Bonchev–Trinajstić information content (AvgIpc) is 2.88. The second-order valence-electron chi connectivity index (χ2n) is 5.66. The minimum Gasteiger partial charge on any atom is -0.464 e. The van der Waals surface area contributed by atoms with Gasteiger partial charge in [-0.25, -0.2) is 4.79 Å². The number of H-pyrrole nitrogens is 1. The van der Waals surface area contributed by atoms with Gasteiger partial charge < -0.3 is 14.6 Å². The summed E-state index contributed by atoms with van der Waals surface area (Å²) in [6.07, 6.45) is 0. The first-order valence-corrected chi connectivity index (χ1v) is 7.53. The SMILES string of the molecule is COC(=O)c1[nH]c(C)c(C(=O)N(C)Cc2ccccc2[N+](=O)[O-])c1C. The van der Waals surface area contributed by atoms with Crippen molar-refractivity contribution < 1.29 is 19.2 Å². The van der Waals surface area contributed by atoms with Crippen LogP contribution in [0.25, 0.3) is 0 Å². The van der Waals surface area contributed by atoms with E-state index >= 15 is 0 Å². The molecule has 1 aromatic carbocycles. The Morgan fingerprint density at radius 2 is 1.92 bits per heavy atom. The van der Waals surface area contributed by atoms with E-state index in [9.17, 15) is 19.7 Å². The number of methoxy groups -OCH3 is 1. The Balaban J connectivity index is 2.32. The second-order valence-corrected chi connectivity index (χ2v) is 5.66. The molecule has 0 fully saturated rings. The van der Waals surface area contributed by atoms with Crippen molar-refractivity contribution in [1.82, 2.24) is 9.88 Å². The van der Waals surface area contributed by atoms with E-state index in [-0.39, 0.29) is 23.8 Å². The molecule has 0 aliphatic rings. The summed E-state index contributed by atoms with van der Waals surface area (Å²) in [7, 11) is 2.82. The lowest BCUT2D eigenvalue weighted by Gasteiger charge is -2.18. The van der Waals surface area contributed by atoms with Crippen LogP contribution in [0.5, 0.6) is 0 Å². The maximum absolute atomic E-state index is 12.8. The number of carbonyl (C=O) groups excluding carboxylic acids is 2. The zero-order valence-electron chi connectivity index (χ0n) is 14.5. The number of carbonyl (C=O) groups is 2. The summed E-state index contributed by atoms with van der Waals surface area (Å²) in [6.45, 7) is 3.42. The average molecular weight is 345 g/mol. The number of amides is 1.